The first-order valence-electron chi connectivity index (χ1n) is 6.66. The minimum Gasteiger partial charge on any atom is -0.343 e. The molecule has 23 heavy (non-hydrogen) atoms. The number of hydrogen-bond donors (Lipinski definition) is 2. The Morgan fingerprint density at radius 2 is 1.83 bits per heavy atom. The van der Waals surface area contributed by atoms with E-state index in [9.17, 15) is 9.59 Å². The maximum atomic E-state index is 11.8. The highest BCUT2D eigenvalue weighted by Gasteiger charge is 2.07. The summed E-state index contributed by atoms with van der Waals surface area (Å²) in [5, 5.41) is 6.88. The summed E-state index contributed by atoms with van der Waals surface area (Å²) in [7, 11) is 0. The van der Waals surface area contributed by atoms with E-state index in [0.29, 0.717) is 10.6 Å². The van der Waals surface area contributed by atoms with Gasteiger partial charge in [0, 0.05) is 20.6 Å². The van der Waals surface area contributed by atoms with Gasteiger partial charge in [0.25, 0.3) is 11.8 Å². The molecule has 118 valence electrons. The molecule has 2 aromatic rings. The van der Waals surface area contributed by atoms with Crippen LogP contribution in [0.5, 0.6) is 0 Å². The van der Waals surface area contributed by atoms with Gasteiger partial charge in [-0.1, -0.05) is 45.7 Å². The highest BCUT2D eigenvalue weighted by Crippen LogP contribution is 2.13. The van der Waals surface area contributed by atoms with E-state index in [4.69, 9.17) is 11.6 Å². The second-order valence-electron chi connectivity index (χ2n) is 4.50. The van der Waals surface area contributed by atoms with Gasteiger partial charge in [-0.2, -0.15) is 5.10 Å². The average molecular weight is 395 g/mol. The van der Waals surface area contributed by atoms with Crippen molar-refractivity contribution in [3.05, 3.63) is 69.2 Å². The molecule has 2 aromatic carbocycles. The summed E-state index contributed by atoms with van der Waals surface area (Å²) in [5.74, 6) is -0.776. The summed E-state index contributed by atoms with van der Waals surface area (Å²) < 4.78 is 0.869. The summed E-state index contributed by atoms with van der Waals surface area (Å²) in [4.78, 5) is 23.5. The standard InChI is InChI=1S/C16H13BrClN3O2/c17-14-4-2-1-3-12(14)9-20-21-15(22)10-19-16(23)11-5-7-13(18)8-6-11/h1-9H,10H2,(H,19,23)(H,21,22). The first-order chi connectivity index (χ1) is 11.1. The van der Waals surface area contributed by atoms with E-state index in [0.717, 1.165) is 10.0 Å². The van der Waals surface area contributed by atoms with E-state index in [-0.39, 0.29) is 12.5 Å². The lowest BCUT2D eigenvalue weighted by molar-refractivity contribution is -0.120. The quantitative estimate of drug-likeness (QED) is 0.604. The highest BCUT2D eigenvalue weighted by atomic mass is 79.9. The number of carbonyl (C=O) groups excluding carboxylic acids is 2. The molecule has 2 amide bonds. The molecule has 0 saturated heterocycles. The van der Waals surface area contributed by atoms with Crippen LogP contribution in [0.15, 0.2) is 58.1 Å². The van der Waals surface area contributed by atoms with Crippen LogP contribution in [0.3, 0.4) is 0 Å². The Balaban J connectivity index is 1.80. The van der Waals surface area contributed by atoms with Gasteiger partial charge in [-0.3, -0.25) is 9.59 Å². The fourth-order valence-electron chi connectivity index (χ4n) is 1.66. The van der Waals surface area contributed by atoms with Crippen molar-refractivity contribution in [1.82, 2.24) is 10.7 Å². The topological polar surface area (TPSA) is 70.6 Å². The minimum atomic E-state index is -0.421. The van der Waals surface area contributed by atoms with E-state index < -0.39 is 5.91 Å². The molecule has 2 rings (SSSR count). The van der Waals surface area contributed by atoms with Crippen LogP contribution in [0, 0.1) is 0 Å². The number of hydrazone groups is 1. The monoisotopic (exact) mass is 393 g/mol. The number of nitrogens with zero attached hydrogens (tertiary/aromatic N) is 1. The zero-order valence-corrected chi connectivity index (χ0v) is 14.3. The van der Waals surface area contributed by atoms with Gasteiger partial charge in [0.1, 0.15) is 0 Å². The Morgan fingerprint density at radius 1 is 1.13 bits per heavy atom. The third-order valence-corrected chi connectivity index (χ3v) is 3.79. The molecule has 0 bridgehead atoms. The number of halogens is 2. The van der Waals surface area contributed by atoms with E-state index in [1.54, 1.807) is 24.3 Å². The van der Waals surface area contributed by atoms with Crippen molar-refractivity contribution in [3.63, 3.8) is 0 Å². The van der Waals surface area contributed by atoms with E-state index >= 15 is 0 Å². The maximum Gasteiger partial charge on any atom is 0.259 e. The van der Waals surface area contributed by atoms with E-state index in [1.807, 2.05) is 24.3 Å². The molecule has 0 saturated carbocycles. The van der Waals surface area contributed by atoms with Gasteiger partial charge in [-0.15, -0.1) is 0 Å². The molecule has 0 heterocycles. The first kappa shape index (κ1) is 17.2. The largest absolute Gasteiger partial charge is 0.343 e. The zero-order valence-electron chi connectivity index (χ0n) is 11.9. The Hall–Kier alpha value is -2.18. The molecule has 0 radical (unpaired) electrons. The Morgan fingerprint density at radius 3 is 2.52 bits per heavy atom. The number of benzene rings is 2. The number of amides is 2. The van der Waals surface area contributed by atoms with Gasteiger partial charge < -0.3 is 5.32 Å². The average Bonchev–Trinajstić information content (AvgIpc) is 2.55. The summed E-state index contributed by atoms with van der Waals surface area (Å²) in [5.41, 5.74) is 3.61. The van der Waals surface area contributed by atoms with Gasteiger partial charge in [0.2, 0.25) is 0 Å². The SMILES string of the molecule is O=C(CNC(=O)c1ccc(Cl)cc1)NN=Cc1ccccc1Br. The molecule has 0 aliphatic carbocycles. The van der Waals surface area contributed by atoms with Crippen LogP contribution in [0.25, 0.3) is 0 Å². The normalized spacial score (nSPS) is 10.5. The van der Waals surface area contributed by atoms with Gasteiger partial charge in [0.15, 0.2) is 0 Å². The van der Waals surface area contributed by atoms with Crippen LogP contribution < -0.4 is 10.7 Å². The first-order valence-corrected chi connectivity index (χ1v) is 7.83. The van der Waals surface area contributed by atoms with Crippen molar-refractivity contribution in [2.24, 2.45) is 5.10 Å². The fourth-order valence-corrected chi connectivity index (χ4v) is 2.17. The van der Waals surface area contributed by atoms with Crippen LogP contribution in [0.4, 0.5) is 0 Å². The summed E-state index contributed by atoms with van der Waals surface area (Å²) >= 11 is 9.12. The van der Waals surface area contributed by atoms with Crippen LogP contribution >= 0.6 is 27.5 Å². The molecule has 0 aliphatic rings. The Labute approximate surface area is 146 Å². The number of hydrogen-bond acceptors (Lipinski definition) is 3. The Bertz CT molecular complexity index is 732. The maximum absolute atomic E-state index is 11.8. The van der Waals surface area contributed by atoms with E-state index in [2.05, 4.69) is 31.8 Å². The van der Waals surface area contributed by atoms with Gasteiger partial charge in [-0.25, -0.2) is 5.43 Å². The van der Waals surface area contributed by atoms with Gasteiger partial charge in [-0.05, 0) is 30.3 Å². The van der Waals surface area contributed by atoms with Crippen molar-refractivity contribution in [3.8, 4) is 0 Å². The predicted molar refractivity (Wildman–Crippen MR) is 93.7 cm³/mol. The summed E-state index contributed by atoms with van der Waals surface area (Å²) in [6, 6.07) is 13.8. The smallest absolute Gasteiger partial charge is 0.259 e. The lowest BCUT2D eigenvalue weighted by atomic mass is 10.2. The summed E-state index contributed by atoms with van der Waals surface area (Å²) in [6.45, 7) is -0.172. The molecular weight excluding hydrogens is 382 g/mol. The molecule has 5 nitrogen and oxygen atoms in total. The second kappa shape index (κ2) is 8.45. The molecule has 7 heteroatoms. The van der Waals surface area contributed by atoms with Crippen molar-refractivity contribution >= 4 is 45.6 Å². The fraction of sp³-hybridized carbons (Fsp3) is 0.0625. The number of rotatable bonds is 5. The van der Waals surface area contributed by atoms with Crippen molar-refractivity contribution in [2.75, 3.05) is 6.54 Å². The molecular formula is C16H13BrClN3O2. The third-order valence-electron chi connectivity index (χ3n) is 2.81. The van der Waals surface area contributed by atoms with Crippen LogP contribution in [-0.4, -0.2) is 24.6 Å². The predicted octanol–water partition coefficient (Wildman–Crippen LogP) is 2.98. The minimum absolute atomic E-state index is 0.172. The summed E-state index contributed by atoms with van der Waals surface area (Å²) in [6.07, 6.45) is 1.52. The third kappa shape index (κ3) is 5.50. The molecule has 0 aromatic heterocycles. The molecule has 2 N–H and O–H groups in total. The molecule has 0 aliphatic heterocycles. The number of carbonyl (C=O) groups is 2. The molecule has 0 atom stereocenters. The highest BCUT2D eigenvalue weighted by molar-refractivity contribution is 9.10. The second-order valence-corrected chi connectivity index (χ2v) is 5.80. The molecule has 0 unspecified atom stereocenters. The van der Waals surface area contributed by atoms with Crippen LogP contribution in [0.1, 0.15) is 15.9 Å². The van der Waals surface area contributed by atoms with E-state index in [1.165, 1.54) is 6.21 Å². The molecule has 0 fully saturated rings. The van der Waals surface area contributed by atoms with Crippen LogP contribution in [-0.2, 0) is 4.79 Å². The lowest BCUT2D eigenvalue weighted by Crippen LogP contribution is -2.34. The Kier molecular flexibility index (Phi) is 6.31. The van der Waals surface area contributed by atoms with Gasteiger partial charge >= 0.3 is 0 Å². The van der Waals surface area contributed by atoms with Crippen molar-refractivity contribution in [1.29, 1.82) is 0 Å². The lowest BCUT2D eigenvalue weighted by Gasteiger charge is -2.04. The molecule has 0 spiro atoms. The zero-order chi connectivity index (χ0) is 16.7. The van der Waals surface area contributed by atoms with Crippen LogP contribution in [0.2, 0.25) is 5.02 Å². The van der Waals surface area contributed by atoms with Crippen molar-refractivity contribution < 1.29 is 9.59 Å². The number of nitrogens with one attached hydrogen (secondary N) is 2. The van der Waals surface area contributed by atoms with Gasteiger partial charge in [0.05, 0.1) is 12.8 Å². The van der Waals surface area contributed by atoms with Crippen molar-refractivity contribution in [2.45, 2.75) is 0 Å².